The first kappa shape index (κ1) is 21.2. The van der Waals surface area contributed by atoms with E-state index in [2.05, 4.69) is 11.6 Å². The number of hydrogen-bond acceptors (Lipinski definition) is 4. The van der Waals surface area contributed by atoms with Crippen molar-refractivity contribution in [2.75, 3.05) is 19.0 Å². The van der Waals surface area contributed by atoms with E-state index in [-0.39, 0.29) is 11.3 Å². The molecule has 0 spiro atoms. The second-order valence-electron chi connectivity index (χ2n) is 6.88. The number of hydrogen-bond donors (Lipinski definition) is 2. The molecule has 2 rings (SSSR count). The van der Waals surface area contributed by atoms with Gasteiger partial charge in [0, 0.05) is 30.6 Å². The molecule has 1 atom stereocenters. The first-order valence-electron chi connectivity index (χ1n) is 9.22. The highest BCUT2D eigenvalue weighted by Gasteiger charge is 2.26. The van der Waals surface area contributed by atoms with Gasteiger partial charge in [-0.15, -0.1) is 0 Å². The Morgan fingerprint density at radius 3 is 2.37 bits per heavy atom. The number of carboxylic acids is 1. The third-order valence-electron chi connectivity index (χ3n) is 4.57. The van der Waals surface area contributed by atoms with E-state index >= 15 is 0 Å². The van der Waals surface area contributed by atoms with Crippen molar-refractivity contribution in [1.82, 2.24) is 4.72 Å². The lowest BCUT2D eigenvalue weighted by Crippen LogP contribution is -2.40. The number of nitrogens with zero attached hydrogens (tertiary/aromatic N) is 1. The van der Waals surface area contributed by atoms with Crippen LogP contribution in [0.4, 0.5) is 5.69 Å². The normalized spacial score (nSPS) is 12.9. The Balaban J connectivity index is 2.35. The van der Waals surface area contributed by atoms with E-state index in [4.69, 9.17) is 0 Å². The minimum absolute atomic E-state index is 0.100. The van der Waals surface area contributed by atoms with Crippen LogP contribution < -0.4 is 9.62 Å². The molecule has 0 bridgehead atoms. The molecule has 0 aromatic heterocycles. The smallest absolute Gasteiger partial charge is 0.321 e. The Hall–Kier alpha value is -2.12. The van der Waals surface area contributed by atoms with Crippen molar-refractivity contribution in [3.8, 4) is 0 Å². The fraction of sp³-hybridized carbons (Fsp3) is 0.450. The van der Waals surface area contributed by atoms with Crippen molar-refractivity contribution in [3.63, 3.8) is 0 Å². The SMILES string of the molecule is CCCCCC[C@@H](NS(=O)(=O)c1cccc2c(N(C)C)cccc12)C(=O)O. The van der Waals surface area contributed by atoms with Gasteiger partial charge >= 0.3 is 5.97 Å². The molecule has 0 unspecified atom stereocenters. The van der Waals surface area contributed by atoms with Crippen molar-refractivity contribution in [2.45, 2.75) is 50.0 Å². The Bertz CT molecular complexity index is 894. The number of unbranched alkanes of at least 4 members (excludes halogenated alkanes) is 3. The fourth-order valence-electron chi connectivity index (χ4n) is 3.15. The van der Waals surface area contributed by atoms with E-state index in [9.17, 15) is 18.3 Å². The highest BCUT2D eigenvalue weighted by Crippen LogP contribution is 2.30. The number of carboxylic acid groups (broad SMARTS) is 1. The zero-order chi connectivity index (χ0) is 20.0. The van der Waals surface area contributed by atoms with Crippen LogP contribution in [0.2, 0.25) is 0 Å². The average molecular weight is 393 g/mol. The van der Waals surface area contributed by atoms with Crippen LogP contribution in [0.5, 0.6) is 0 Å². The minimum atomic E-state index is -3.97. The van der Waals surface area contributed by atoms with E-state index in [0.717, 1.165) is 30.3 Å². The maximum absolute atomic E-state index is 12.9. The monoisotopic (exact) mass is 392 g/mol. The molecule has 2 aromatic rings. The number of rotatable bonds is 10. The number of fused-ring (bicyclic) bond motifs is 1. The topological polar surface area (TPSA) is 86.7 Å². The summed E-state index contributed by atoms with van der Waals surface area (Å²) in [7, 11) is -0.178. The van der Waals surface area contributed by atoms with Crippen molar-refractivity contribution in [1.29, 1.82) is 0 Å². The minimum Gasteiger partial charge on any atom is -0.480 e. The maximum Gasteiger partial charge on any atom is 0.321 e. The maximum atomic E-state index is 12.9. The van der Waals surface area contributed by atoms with Gasteiger partial charge in [0.05, 0.1) is 4.90 Å². The van der Waals surface area contributed by atoms with Gasteiger partial charge in [0.1, 0.15) is 6.04 Å². The number of benzene rings is 2. The summed E-state index contributed by atoms with van der Waals surface area (Å²) >= 11 is 0. The molecule has 0 saturated heterocycles. The Morgan fingerprint density at radius 1 is 1.07 bits per heavy atom. The zero-order valence-corrected chi connectivity index (χ0v) is 16.9. The molecule has 0 heterocycles. The largest absolute Gasteiger partial charge is 0.480 e. The van der Waals surface area contributed by atoms with Crippen LogP contribution in [0.3, 0.4) is 0 Å². The molecule has 6 nitrogen and oxygen atoms in total. The van der Waals surface area contributed by atoms with Crippen molar-refractivity contribution in [3.05, 3.63) is 36.4 Å². The van der Waals surface area contributed by atoms with Crippen LogP contribution in [-0.2, 0) is 14.8 Å². The quantitative estimate of drug-likeness (QED) is 0.603. The lowest BCUT2D eigenvalue weighted by Gasteiger charge is -2.18. The Labute approximate surface area is 161 Å². The second-order valence-corrected chi connectivity index (χ2v) is 8.57. The summed E-state index contributed by atoms with van der Waals surface area (Å²) in [4.78, 5) is 13.6. The third-order valence-corrected chi connectivity index (χ3v) is 6.10. The number of anilines is 1. The van der Waals surface area contributed by atoms with Gasteiger partial charge in [-0.2, -0.15) is 4.72 Å². The van der Waals surface area contributed by atoms with Crippen LogP contribution in [-0.4, -0.2) is 39.6 Å². The van der Waals surface area contributed by atoms with Crippen LogP contribution in [0.25, 0.3) is 10.8 Å². The van der Waals surface area contributed by atoms with E-state index in [1.807, 2.05) is 31.1 Å². The number of sulfonamides is 1. The number of aliphatic carboxylic acids is 1. The van der Waals surface area contributed by atoms with Gasteiger partial charge in [0.15, 0.2) is 0 Å². The molecule has 0 aliphatic carbocycles. The van der Waals surface area contributed by atoms with Crippen molar-refractivity contribution in [2.24, 2.45) is 0 Å². The summed E-state index contributed by atoms with van der Waals surface area (Å²) in [6, 6.07) is 9.40. The van der Waals surface area contributed by atoms with E-state index in [1.165, 1.54) is 6.07 Å². The molecule has 0 fully saturated rings. The van der Waals surface area contributed by atoms with Gasteiger partial charge in [-0.3, -0.25) is 4.79 Å². The highest BCUT2D eigenvalue weighted by molar-refractivity contribution is 7.89. The summed E-state index contributed by atoms with van der Waals surface area (Å²) in [6.45, 7) is 2.07. The van der Waals surface area contributed by atoms with Gasteiger partial charge < -0.3 is 10.0 Å². The molecule has 2 aromatic carbocycles. The van der Waals surface area contributed by atoms with Crippen molar-refractivity contribution < 1.29 is 18.3 Å². The Kier molecular flexibility index (Phi) is 7.21. The standard InChI is InChI=1S/C20H28N2O4S/c1-4-5-6-7-12-17(20(23)24)21-27(25,26)19-14-9-10-15-16(19)11-8-13-18(15)22(2)3/h8-11,13-14,17,21H,4-7,12H2,1-3H3,(H,23,24)/t17-/m1/s1. The summed E-state index contributed by atoms with van der Waals surface area (Å²) in [5, 5.41) is 10.8. The highest BCUT2D eigenvalue weighted by atomic mass is 32.2. The second kappa shape index (κ2) is 9.19. The Morgan fingerprint density at radius 2 is 1.74 bits per heavy atom. The molecular weight excluding hydrogens is 364 g/mol. The molecule has 0 radical (unpaired) electrons. The number of carbonyl (C=O) groups is 1. The van der Waals surface area contributed by atoms with Gasteiger partial charge in [-0.1, -0.05) is 56.9 Å². The van der Waals surface area contributed by atoms with Gasteiger partial charge in [0.25, 0.3) is 0 Å². The van der Waals surface area contributed by atoms with Crippen LogP contribution in [0, 0.1) is 0 Å². The average Bonchev–Trinajstić information content (AvgIpc) is 2.62. The predicted molar refractivity (Wildman–Crippen MR) is 109 cm³/mol. The molecule has 0 amide bonds. The predicted octanol–water partition coefficient (Wildman–Crippen LogP) is 3.61. The van der Waals surface area contributed by atoms with Gasteiger partial charge in [-0.25, -0.2) is 8.42 Å². The van der Waals surface area contributed by atoms with Gasteiger partial charge in [0.2, 0.25) is 10.0 Å². The summed E-state index contributed by atoms with van der Waals surface area (Å²) in [5.74, 6) is -1.15. The van der Waals surface area contributed by atoms with Gasteiger partial charge in [-0.05, 0) is 18.6 Å². The van der Waals surface area contributed by atoms with E-state index < -0.39 is 22.0 Å². The molecule has 27 heavy (non-hydrogen) atoms. The summed E-state index contributed by atoms with van der Waals surface area (Å²) < 4.78 is 28.3. The van der Waals surface area contributed by atoms with Crippen molar-refractivity contribution >= 4 is 32.5 Å². The molecular formula is C20H28N2O4S. The lowest BCUT2D eigenvalue weighted by molar-refractivity contribution is -0.139. The first-order valence-corrected chi connectivity index (χ1v) is 10.7. The zero-order valence-electron chi connectivity index (χ0n) is 16.1. The first-order chi connectivity index (χ1) is 12.8. The molecule has 0 saturated carbocycles. The van der Waals surface area contributed by atoms with Crippen LogP contribution in [0.1, 0.15) is 39.0 Å². The fourth-order valence-corrected chi connectivity index (χ4v) is 4.59. The molecule has 7 heteroatoms. The third kappa shape index (κ3) is 5.20. The van der Waals surface area contributed by atoms with E-state index in [1.54, 1.807) is 18.2 Å². The van der Waals surface area contributed by atoms with E-state index in [0.29, 0.717) is 11.8 Å². The summed E-state index contributed by atoms with van der Waals surface area (Å²) in [5.41, 5.74) is 0.902. The number of nitrogens with one attached hydrogen (secondary N) is 1. The lowest BCUT2D eigenvalue weighted by atomic mass is 10.1. The molecule has 0 aliphatic rings. The molecule has 148 valence electrons. The van der Waals surface area contributed by atoms with Crippen LogP contribution in [0.15, 0.2) is 41.3 Å². The van der Waals surface area contributed by atoms with Crippen LogP contribution >= 0.6 is 0 Å². The molecule has 2 N–H and O–H groups in total. The molecule has 0 aliphatic heterocycles. The summed E-state index contributed by atoms with van der Waals surface area (Å²) in [6.07, 6.45) is 3.89.